The van der Waals surface area contributed by atoms with E-state index in [-0.39, 0.29) is 6.42 Å². The van der Waals surface area contributed by atoms with Crippen LogP contribution >= 0.6 is 11.8 Å². The Morgan fingerprint density at radius 1 is 1.03 bits per heavy atom. The zero-order chi connectivity index (χ0) is 20.3. The van der Waals surface area contributed by atoms with Gasteiger partial charge in [0.15, 0.2) is 0 Å². The van der Waals surface area contributed by atoms with Gasteiger partial charge in [-0.2, -0.15) is 11.8 Å². The van der Waals surface area contributed by atoms with Gasteiger partial charge in [-0.3, -0.25) is 4.79 Å². The molecule has 0 amide bonds. The number of fused-ring (bicyclic) bond motifs is 2. The van der Waals surface area contributed by atoms with E-state index < -0.39 is 5.97 Å². The number of thioether (sulfide) groups is 1. The first kappa shape index (κ1) is 22.8. The van der Waals surface area contributed by atoms with Gasteiger partial charge in [0.1, 0.15) is 0 Å². The summed E-state index contributed by atoms with van der Waals surface area (Å²) >= 11 is 2.06. The van der Waals surface area contributed by atoms with Gasteiger partial charge in [0, 0.05) is 25.0 Å². The van der Waals surface area contributed by atoms with Crippen molar-refractivity contribution in [2.24, 2.45) is 17.8 Å². The highest BCUT2D eigenvalue weighted by molar-refractivity contribution is 7.99. The van der Waals surface area contributed by atoms with Crippen LogP contribution in [0, 0.1) is 29.6 Å². The summed E-state index contributed by atoms with van der Waals surface area (Å²) in [5, 5.41) is 8.71. The summed E-state index contributed by atoms with van der Waals surface area (Å²) < 4.78 is 6.22. The van der Waals surface area contributed by atoms with Gasteiger partial charge < -0.3 is 9.84 Å². The van der Waals surface area contributed by atoms with Gasteiger partial charge in [-0.1, -0.05) is 25.0 Å². The monoisotopic (exact) mass is 418 g/mol. The second-order valence-electron chi connectivity index (χ2n) is 8.97. The van der Waals surface area contributed by atoms with Crippen molar-refractivity contribution in [2.45, 2.75) is 95.7 Å². The largest absolute Gasteiger partial charge is 0.481 e. The number of rotatable bonds is 12. The van der Waals surface area contributed by atoms with Crippen molar-refractivity contribution in [3.05, 3.63) is 12.2 Å². The zero-order valence-electron chi connectivity index (χ0n) is 17.8. The lowest BCUT2D eigenvalue weighted by molar-refractivity contribution is -0.137. The summed E-state index contributed by atoms with van der Waals surface area (Å²) in [7, 11) is 0. The lowest BCUT2D eigenvalue weighted by Gasteiger charge is -2.27. The molecule has 0 aromatic carbocycles. The van der Waals surface area contributed by atoms with Crippen LogP contribution in [0.5, 0.6) is 0 Å². The van der Waals surface area contributed by atoms with E-state index in [4.69, 9.17) is 9.84 Å². The highest BCUT2D eigenvalue weighted by Crippen LogP contribution is 2.47. The Kier molecular flexibility index (Phi) is 9.97. The van der Waals surface area contributed by atoms with Gasteiger partial charge >= 0.3 is 5.97 Å². The molecule has 3 rings (SSSR count). The summed E-state index contributed by atoms with van der Waals surface area (Å²) in [5.41, 5.74) is 0. The number of unbranched alkanes of at least 4 members (excludes halogenated alkanes) is 1. The van der Waals surface area contributed by atoms with Gasteiger partial charge in [0.2, 0.25) is 0 Å². The third-order valence-corrected chi connectivity index (χ3v) is 7.90. The Bertz CT molecular complexity index is 585. The van der Waals surface area contributed by atoms with Crippen LogP contribution in [0.3, 0.4) is 0 Å². The third-order valence-electron chi connectivity index (χ3n) is 6.88. The summed E-state index contributed by atoms with van der Waals surface area (Å²) in [4.78, 5) is 10.6. The molecule has 2 heterocycles. The predicted molar refractivity (Wildman–Crippen MR) is 121 cm³/mol. The molecule has 4 atom stereocenters. The molecule has 3 aliphatic rings. The van der Waals surface area contributed by atoms with Crippen LogP contribution < -0.4 is 0 Å². The van der Waals surface area contributed by atoms with E-state index in [0.717, 1.165) is 43.8 Å². The first-order chi connectivity index (χ1) is 14.2. The van der Waals surface area contributed by atoms with E-state index in [1.807, 2.05) is 0 Å². The molecule has 0 aromatic heterocycles. The molecule has 1 aliphatic carbocycles. The molecule has 2 saturated heterocycles. The highest BCUT2D eigenvalue weighted by Gasteiger charge is 2.47. The fourth-order valence-electron chi connectivity index (χ4n) is 5.30. The minimum Gasteiger partial charge on any atom is -0.481 e. The number of allylic oxidation sites excluding steroid dienone is 2. The molecule has 4 heteroatoms. The SMILES string of the molecule is O=C(O)CCC/C=C\C[C@@H]1[C@@H](CCSCCC#CCC2CCCC2)[C@@H]2CC[C@H]1O2. The number of carbonyl (C=O) groups is 1. The minimum absolute atomic E-state index is 0.270. The minimum atomic E-state index is -0.697. The molecule has 0 aromatic rings. The first-order valence-corrected chi connectivity index (χ1v) is 12.9. The van der Waals surface area contributed by atoms with Crippen molar-refractivity contribution >= 4 is 17.7 Å². The van der Waals surface area contributed by atoms with Gasteiger partial charge in [-0.25, -0.2) is 0 Å². The highest BCUT2D eigenvalue weighted by atomic mass is 32.2. The second-order valence-corrected chi connectivity index (χ2v) is 10.2. The lowest BCUT2D eigenvalue weighted by atomic mass is 9.76. The number of aliphatic carboxylic acids is 1. The molecule has 0 unspecified atom stereocenters. The van der Waals surface area contributed by atoms with Crippen LogP contribution in [0.25, 0.3) is 0 Å². The molecule has 0 radical (unpaired) electrons. The van der Waals surface area contributed by atoms with Crippen LogP contribution in [-0.4, -0.2) is 34.8 Å². The smallest absolute Gasteiger partial charge is 0.303 e. The van der Waals surface area contributed by atoms with E-state index in [2.05, 4.69) is 35.8 Å². The van der Waals surface area contributed by atoms with E-state index >= 15 is 0 Å². The van der Waals surface area contributed by atoms with Crippen molar-refractivity contribution in [2.75, 3.05) is 11.5 Å². The van der Waals surface area contributed by atoms with Crippen LogP contribution in [0.2, 0.25) is 0 Å². The first-order valence-electron chi connectivity index (χ1n) is 11.8. The van der Waals surface area contributed by atoms with Crippen molar-refractivity contribution in [3.8, 4) is 11.8 Å². The fourth-order valence-corrected chi connectivity index (χ4v) is 6.19. The van der Waals surface area contributed by atoms with E-state index in [1.54, 1.807) is 0 Å². The molecule has 2 bridgehead atoms. The fraction of sp³-hybridized carbons (Fsp3) is 0.800. The summed E-state index contributed by atoms with van der Waals surface area (Å²) in [6.45, 7) is 0. The number of carboxylic acids is 1. The molecule has 162 valence electrons. The van der Waals surface area contributed by atoms with Gasteiger partial charge in [-0.05, 0) is 74.9 Å². The van der Waals surface area contributed by atoms with Crippen LogP contribution in [0.15, 0.2) is 12.2 Å². The Morgan fingerprint density at radius 3 is 2.62 bits per heavy atom. The molecule has 29 heavy (non-hydrogen) atoms. The Hall–Kier alpha value is -0.920. The van der Waals surface area contributed by atoms with E-state index in [0.29, 0.717) is 24.0 Å². The zero-order valence-corrected chi connectivity index (χ0v) is 18.6. The maximum absolute atomic E-state index is 10.6. The van der Waals surface area contributed by atoms with Crippen molar-refractivity contribution < 1.29 is 14.6 Å². The topological polar surface area (TPSA) is 46.5 Å². The Balaban J connectivity index is 1.28. The normalized spacial score (nSPS) is 28.8. The number of hydrogen-bond acceptors (Lipinski definition) is 3. The summed E-state index contributed by atoms with van der Waals surface area (Å²) in [5.74, 6) is 10.7. The average molecular weight is 419 g/mol. The standard InChI is InChI=1S/C25H38O3S/c26-25(27)14-6-2-1-5-13-21-22(24-16-15-23(21)28-24)17-19-29-18-9-3-4-10-20-11-7-8-12-20/h1,5,20-24H,2,6-19H2,(H,26,27)/b5-1-/t21-,22-,23-,24+/m1/s1. The Labute approximate surface area is 181 Å². The summed E-state index contributed by atoms with van der Waals surface area (Å²) in [6.07, 6.45) is 19.9. The molecule has 3 nitrogen and oxygen atoms in total. The molecule has 1 saturated carbocycles. The molecule has 3 fully saturated rings. The van der Waals surface area contributed by atoms with Gasteiger partial charge in [-0.15, -0.1) is 11.8 Å². The van der Waals surface area contributed by atoms with Crippen molar-refractivity contribution in [1.82, 2.24) is 0 Å². The average Bonchev–Trinajstić information content (AvgIpc) is 3.44. The van der Waals surface area contributed by atoms with E-state index in [1.165, 1.54) is 50.7 Å². The van der Waals surface area contributed by atoms with Gasteiger partial charge in [0.25, 0.3) is 0 Å². The summed E-state index contributed by atoms with van der Waals surface area (Å²) in [6, 6.07) is 0. The molecule has 1 N–H and O–H groups in total. The van der Waals surface area contributed by atoms with E-state index in [9.17, 15) is 4.79 Å². The van der Waals surface area contributed by atoms with Crippen LogP contribution in [0.1, 0.15) is 83.5 Å². The van der Waals surface area contributed by atoms with Crippen LogP contribution in [0.4, 0.5) is 0 Å². The maximum atomic E-state index is 10.6. The molecular formula is C25H38O3S. The quantitative estimate of drug-likeness (QED) is 0.237. The number of ether oxygens (including phenoxy) is 1. The Morgan fingerprint density at radius 2 is 1.83 bits per heavy atom. The number of carboxylic acid groups (broad SMARTS) is 1. The second kappa shape index (κ2) is 12.7. The molecular weight excluding hydrogens is 380 g/mol. The predicted octanol–water partition coefficient (Wildman–Crippen LogP) is 6.08. The van der Waals surface area contributed by atoms with Crippen molar-refractivity contribution in [1.29, 1.82) is 0 Å². The molecule has 2 aliphatic heterocycles. The van der Waals surface area contributed by atoms with Gasteiger partial charge in [0.05, 0.1) is 12.2 Å². The maximum Gasteiger partial charge on any atom is 0.303 e. The van der Waals surface area contributed by atoms with Crippen LogP contribution in [-0.2, 0) is 9.53 Å². The van der Waals surface area contributed by atoms with Crippen molar-refractivity contribution in [3.63, 3.8) is 0 Å². The third kappa shape index (κ3) is 7.68. The lowest BCUT2D eigenvalue weighted by Crippen LogP contribution is -2.27. The number of hydrogen-bond donors (Lipinski definition) is 1. The molecule has 0 spiro atoms.